The van der Waals surface area contributed by atoms with E-state index in [1.54, 1.807) is 6.92 Å². The summed E-state index contributed by atoms with van der Waals surface area (Å²) < 4.78 is 45.9. The van der Waals surface area contributed by atoms with E-state index in [9.17, 15) is 32.3 Å². The number of hydrogen-bond acceptors (Lipinski definition) is 7. The number of carboxylic acid groups (broad SMARTS) is 1. The highest BCUT2D eigenvalue weighted by atomic mass is 35.5. The van der Waals surface area contributed by atoms with Crippen LogP contribution in [0.25, 0.3) is 0 Å². The number of nitrogens with zero attached hydrogens (tertiary/aromatic N) is 3. The van der Waals surface area contributed by atoms with Crippen molar-refractivity contribution >= 4 is 52.5 Å². The van der Waals surface area contributed by atoms with Crippen LogP contribution in [0, 0.1) is 29.8 Å². The molecule has 1 atom stereocenters. The van der Waals surface area contributed by atoms with Crippen LogP contribution in [-0.4, -0.2) is 45.7 Å². The lowest BCUT2D eigenvalue weighted by Crippen LogP contribution is -2.32. The Hall–Kier alpha value is -5.68. The van der Waals surface area contributed by atoms with Gasteiger partial charge in [0.05, 0.1) is 22.0 Å². The molecule has 0 radical (unpaired) electrons. The molecule has 2 heterocycles. The fourth-order valence-corrected chi connectivity index (χ4v) is 5.00. The average Bonchev–Trinajstić information content (AvgIpc) is 3.30. The van der Waals surface area contributed by atoms with Gasteiger partial charge >= 0.3 is 12.0 Å². The summed E-state index contributed by atoms with van der Waals surface area (Å²) in [5.74, 6) is -2.07. The van der Waals surface area contributed by atoms with Gasteiger partial charge in [-0.2, -0.15) is 5.10 Å². The molecule has 4 amide bonds. The van der Waals surface area contributed by atoms with Crippen LogP contribution in [0.15, 0.2) is 64.9 Å². The zero-order valence-electron chi connectivity index (χ0n) is 25.4. The first-order valence-corrected chi connectivity index (χ1v) is 14.7. The number of urea groups is 1. The summed E-state index contributed by atoms with van der Waals surface area (Å²) in [6, 6.07) is 6.75. The molecule has 0 spiro atoms. The zero-order chi connectivity index (χ0) is 35.1. The molecule has 0 saturated carbocycles. The quantitative estimate of drug-likeness (QED) is 0.116. The number of rotatable bonds is 7. The zero-order valence-corrected chi connectivity index (χ0v) is 26.2. The largest absolute Gasteiger partial charge is 0.478 e. The van der Waals surface area contributed by atoms with Crippen molar-refractivity contribution in [1.29, 1.82) is 0 Å². The smallest absolute Gasteiger partial charge is 0.339 e. The Kier molecular flexibility index (Phi) is 11.2. The van der Waals surface area contributed by atoms with Crippen LogP contribution in [-0.2, 0) is 9.59 Å². The van der Waals surface area contributed by atoms with Gasteiger partial charge in [0.1, 0.15) is 28.9 Å². The monoisotopic (exact) mass is 681 g/mol. The molecule has 2 aliphatic rings. The maximum atomic E-state index is 14.4. The number of benzene rings is 2. The van der Waals surface area contributed by atoms with E-state index in [0.717, 1.165) is 35.9 Å². The highest BCUT2D eigenvalue weighted by Gasteiger charge is 2.41. The standard InChI is InChI=1S/C18H15ClFNO3.C15H12F2N4O3/c1-3-10(2)24-16-9-15(14(20)8-13(16)19)21-17(22)11-6-4-5-7-12(11)18(21)23;1-8(13-12(14(22)23)3-2-4-18-13)20-21-15(24)19-11-6-9(16)5-10(17)7-11/h1,8-10H,4-7H2,2H3;2-7H,1H3,(H,22,23)(H2,19,21,24)/b;20-8+. The molecule has 0 fully saturated rings. The molecule has 2 aromatic carbocycles. The van der Waals surface area contributed by atoms with E-state index in [-0.39, 0.29) is 39.1 Å². The minimum atomic E-state index is -1.19. The second kappa shape index (κ2) is 15.3. The molecular formula is C33H27ClF3N5O6. The van der Waals surface area contributed by atoms with Gasteiger partial charge in [0.25, 0.3) is 11.8 Å². The van der Waals surface area contributed by atoms with E-state index in [2.05, 4.69) is 26.7 Å². The van der Waals surface area contributed by atoms with Gasteiger partial charge in [0.2, 0.25) is 0 Å². The summed E-state index contributed by atoms with van der Waals surface area (Å²) in [5, 5.41) is 15.0. The molecule has 5 rings (SSSR count). The highest BCUT2D eigenvalue weighted by molar-refractivity contribution is 6.34. The summed E-state index contributed by atoms with van der Waals surface area (Å²) in [4.78, 5) is 52.7. The Morgan fingerprint density at radius 3 is 2.29 bits per heavy atom. The van der Waals surface area contributed by atoms with Crippen LogP contribution >= 0.6 is 11.6 Å². The summed E-state index contributed by atoms with van der Waals surface area (Å²) in [6.45, 7) is 3.09. The number of anilines is 2. The minimum absolute atomic E-state index is 0.0233. The van der Waals surface area contributed by atoms with E-state index in [0.29, 0.717) is 30.1 Å². The number of imide groups is 1. The second-order valence-electron chi connectivity index (χ2n) is 10.4. The lowest BCUT2D eigenvalue weighted by molar-refractivity contribution is -0.120. The van der Waals surface area contributed by atoms with Crippen molar-refractivity contribution in [2.45, 2.75) is 45.6 Å². The molecule has 1 aliphatic carbocycles. The van der Waals surface area contributed by atoms with Gasteiger partial charge in [0.15, 0.2) is 6.10 Å². The van der Waals surface area contributed by atoms with Crippen molar-refractivity contribution in [3.8, 4) is 18.1 Å². The highest BCUT2D eigenvalue weighted by Crippen LogP contribution is 2.39. The van der Waals surface area contributed by atoms with Crippen molar-refractivity contribution < 1.29 is 42.2 Å². The molecule has 15 heteroatoms. The van der Waals surface area contributed by atoms with Gasteiger partial charge in [-0.25, -0.2) is 33.1 Å². The first-order valence-electron chi connectivity index (χ1n) is 14.3. The van der Waals surface area contributed by atoms with Crippen LogP contribution in [0.2, 0.25) is 5.02 Å². The van der Waals surface area contributed by atoms with Gasteiger partial charge in [-0.3, -0.25) is 14.6 Å². The summed E-state index contributed by atoms with van der Waals surface area (Å²) >= 11 is 5.97. The number of hydrogen-bond donors (Lipinski definition) is 3. The summed E-state index contributed by atoms with van der Waals surface area (Å²) in [7, 11) is 0. The molecule has 48 heavy (non-hydrogen) atoms. The predicted octanol–water partition coefficient (Wildman–Crippen LogP) is 6.23. The number of carbonyl (C=O) groups is 4. The Labute approximate surface area is 277 Å². The van der Waals surface area contributed by atoms with Crippen LogP contribution in [0.3, 0.4) is 0 Å². The van der Waals surface area contributed by atoms with Crippen LogP contribution in [0.1, 0.15) is 55.6 Å². The third kappa shape index (κ3) is 8.18. The Morgan fingerprint density at radius 2 is 1.71 bits per heavy atom. The topological polar surface area (TPSA) is 150 Å². The summed E-state index contributed by atoms with van der Waals surface area (Å²) in [5.41, 5.74) is 2.96. The van der Waals surface area contributed by atoms with Gasteiger partial charge in [-0.1, -0.05) is 17.5 Å². The van der Waals surface area contributed by atoms with Crippen LogP contribution in [0.4, 0.5) is 29.3 Å². The second-order valence-corrected chi connectivity index (χ2v) is 10.8. The first kappa shape index (κ1) is 35.2. The van der Waals surface area contributed by atoms with E-state index >= 15 is 0 Å². The number of aromatic carboxylic acids is 1. The first-order chi connectivity index (χ1) is 22.8. The number of pyridine rings is 1. The van der Waals surface area contributed by atoms with Crippen molar-refractivity contribution in [1.82, 2.24) is 10.4 Å². The molecule has 0 saturated heterocycles. The van der Waals surface area contributed by atoms with E-state index < -0.39 is 47.4 Å². The molecule has 1 unspecified atom stereocenters. The molecule has 11 nitrogen and oxygen atoms in total. The number of ether oxygens (including phenoxy) is 1. The van der Waals surface area contributed by atoms with Crippen LogP contribution in [0.5, 0.6) is 5.75 Å². The third-order valence-corrected chi connectivity index (χ3v) is 7.29. The number of amides is 4. The minimum Gasteiger partial charge on any atom is -0.478 e. The number of halogens is 4. The molecule has 1 aliphatic heterocycles. The maximum absolute atomic E-state index is 14.4. The predicted molar refractivity (Wildman–Crippen MR) is 170 cm³/mol. The average molecular weight is 682 g/mol. The van der Waals surface area contributed by atoms with Gasteiger partial charge in [-0.05, 0) is 69.9 Å². The number of aromatic nitrogens is 1. The number of terminal acetylenes is 1. The Morgan fingerprint density at radius 1 is 1.08 bits per heavy atom. The molecule has 3 N–H and O–H groups in total. The SMILES string of the molecule is C#CC(C)Oc1cc(N2C(=O)C3=C(CCCC3)C2=O)c(F)cc1Cl.C/C(=N\NC(=O)Nc1cc(F)cc(F)c1)c1ncccc1C(=O)O. The van der Waals surface area contributed by atoms with Crippen LogP contribution < -0.4 is 20.4 Å². The van der Waals surface area contributed by atoms with E-state index in [1.165, 1.54) is 31.3 Å². The Balaban J connectivity index is 0.000000217. The fourth-order valence-electron chi connectivity index (χ4n) is 4.80. The number of nitrogens with one attached hydrogen (secondary N) is 2. The van der Waals surface area contributed by atoms with Crippen molar-refractivity contribution in [3.63, 3.8) is 0 Å². The van der Waals surface area contributed by atoms with Gasteiger partial charge in [0, 0.05) is 35.2 Å². The molecule has 0 bridgehead atoms. The number of hydrazone groups is 1. The molecule has 1 aromatic heterocycles. The third-order valence-electron chi connectivity index (χ3n) is 7.00. The molecule has 248 valence electrons. The molecular weight excluding hydrogens is 655 g/mol. The number of carbonyl (C=O) groups excluding carboxylic acids is 3. The normalized spacial score (nSPS) is 14.8. The summed E-state index contributed by atoms with van der Waals surface area (Å²) in [6.07, 6.45) is 8.85. The van der Waals surface area contributed by atoms with Crippen molar-refractivity contribution in [2.24, 2.45) is 5.10 Å². The van der Waals surface area contributed by atoms with Crippen molar-refractivity contribution in [2.75, 3.05) is 10.2 Å². The fraction of sp³-hybridized carbons (Fsp3) is 0.212. The molecule has 3 aromatic rings. The Bertz CT molecular complexity index is 1860. The van der Waals surface area contributed by atoms with Gasteiger partial charge in [-0.15, -0.1) is 6.42 Å². The lowest BCUT2D eigenvalue weighted by Gasteiger charge is -2.19. The lowest BCUT2D eigenvalue weighted by atomic mass is 9.93. The van der Waals surface area contributed by atoms with Gasteiger partial charge < -0.3 is 15.2 Å². The number of carboxylic acids is 1. The van der Waals surface area contributed by atoms with E-state index in [4.69, 9.17) is 27.9 Å². The maximum Gasteiger partial charge on any atom is 0.339 e. The van der Waals surface area contributed by atoms with E-state index in [1.807, 2.05) is 0 Å². The van der Waals surface area contributed by atoms with Crippen molar-refractivity contribution in [3.05, 3.63) is 93.5 Å².